The minimum absolute atomic E-state index is 0.430. The van der Waals surface area contributed by atoms with Gasteiger partial charge in [0, 0.05) is 21.9 Å². The van der Waals surface area contributed by atoms with Crippen molar-refractivity contribution in [1.29, 1.82) is 0 Å². The highest BCUT2D eigenvalue weighted by Gasteiger charge is 2.20. The fraction of sp³-hybridized carbons (Fsp3) is 0.0192. The summed E-state index contributed by atoms with van der Waals surface area (Å²) in [6.07, 6.45) is 0. The van der Waals surface area contributed by atoms with E-state index in [4.69, 9.17) is 14.4 Å². The summed E-state index contributed by atoms with van der Waals surface area (Å²) in [7, 11) is 0. The maximum Gasteiger partial charge on any atom is 0.161 e. The molecule has 264 valence electrons. The monoisotopic (exact) mass is 717 g/mol. The number of furan rings is 1. The third-order valence-electron chi connectivity index (χ3n) is 10.6. The zero-order valence-electron chi connectivity index (χ0n) is 30.6. The average molecular weight is 718 g/mol. The van der Waals surface area contributed by atoms with Crippen LogP contribution in [0.5, 0.6) is 0 Å². The molecule has 1 aromatic heterocycles. The van der Waals surface area contributed by atoms with E-state index >= 15 is 0 Å². The number of nitrogens with zero attached hydrogens (tertiary/aromatic N) is 3. The fourth-order valence-electron chi connectivity index (χ4n) is 7.89. The molecule has 56 heavy (non-hydrogen) atoms. The number of fused-ring (bicyclic) bond motifs is 7. The molecule has 4 nitrogen and oxygen atoms in total. The van der Waals surface area contributed by atoms with Gasteiger partial charge in [0.15, 0.2) is 11.7 Å². The second kappa shape index (κ2) is 14.1. The Balaban J connectivity index is 1.15. The van der Waals surface area contributed by atoms with Gasteiger partial charge < -0.3 is 4.42 Å². The van der Waals surface area contributed by atoms with Crippen LogP contribution in [0.1, 0.15) is 16.7 Å². The second-order valence-electron chi connectivity index (χ2n) is 14.0. The molecule has 0 unspecified atom stereocenters. The molecule has 0 N–H and O–H groups in total. The van der Waals surface area contributed by atoms with Crippen LogP contribution in [0.3, 0.4) is 0 Å². The van der Waals surface area contributed by atoms with Crippen LogP contribution in [0.25, 0.3) is 76.5 Å². The van der Waals surface area contributed by atoms with Gasteiger partial charge in [-0.3, -0.25) is 4.99 Å². The van der Waals surface area contributed by atoms with E-state index in [2.05, 4.69) is 176 Å². The Morgan fingerprint density at radius 3 is 1.96 bits per heavy atom. The maximum atomic E-state index is 6.69. The van der Waals surface area contributed by atoms with E-state index in [1.54, 1.807) is 0 Å². The van der Waals surface area contributed by atoms with Crippen molar-refractivity contribution in [2.75, 3.05) is 0 Å². The van der Waals surface area contributed by atoms with Gasteiger partial charge in [0.05, 0.1) is 6.54 Å². The molecule has 0 aliphatic heterocycles. The van der Waals surface area contributed by atoms with Crippen LogP contribution in [-0.4, -0.2) is 18.4 Å². The van der Waals surface area contributed by atoms with Gasteiger partial charge in [-0.05, 0) is 97.2 Å². The van der Waals surface area contributed by atoms with Crippen molar-refractivity contribution in [3.63, 3.8) is 0 Å². The lowest BCUT2D eigenvalue weighted by Crippen LogP contribution is -2.06. The Hall–Kier alpha value is -7.43. The van der Waals surface area contributed by atoms with Crippen LogP contribution >= 0.6 is 0 Å². The minimum Gasteiger partial charge on any atom is -0.456 e. The molecule has 0 fully saturated rings. The summed E-state index contributed by atoms with van der Waals surface area (Å²) in [4.78, 5) is 15.0. The molecule has 0 aliphatic rings. The van der Waals surface area contributed by atoms with E-state index in [0.29, 0.717) is 18.2 Å². The Bertz CT molecular complexity index is 3180. The first-order chi connectivity index (χ1) is 27.7. The van der Waals surface area contributed by atoms with E-state index in [9.17, 15) is 0 Å². The van der Waals surface area contributed by atoms with Crippen LogP contribution in [0, 0.1) is 0 Å². The first-order valence-electron chi connectivity index (χ1n) is 18.8. The van der Waals surface area contributed by atoms with Gasteiger partial charge in [0.25, 0.3) is 0 Å². The van der Waals surface area contributed by atoms with E-state index in [1.807, 2.05) is 24.3 Å². The summed E-state index contributed by atoms with van der Waals surface area (Å²) in [6.45, 7) is 4.43. The van der Waals surface area contributed by atoms with Gasteiger partial charge in [0.2, 0.25) is 0 Å². The van der Waals surface area contributed by atoms with E-state index in [-0.39, 0.29) is 0 Å². The molecule has 10 rings (SSSR count). The first kappa shape index (κ1) is 33.2. The molecule has 0 spiro atoms. The van der Waals surface area contributed by atoms with Gasteiger partial charge >= 0.3 is 0 Å². The van der Waals surface area contributed by atoms with Gasteiger partial charge in [-0.2, -0.15) is 0 Å². The lowest BCUT2D eigenvalue weighted by Gasteiger charge is -2.10. The predicted octanol–water partition coefficient (Wildman–Crippen LogP) is 13.5. The van der Waals surface area contributed by atoms with Crippen molar-refractivity contribution < 1.29 is 4.42 Å². The Morgan fingerprint density at radius 1 is 0.464 bits per heavy atom. The highest BCUT2D eigenvalue weighted by atomic mass is 16.3. The quantitative estimate of drug-likeness (QED) is 0.125. The fourth-order valence-corrected chi connectivity index (χ4v) is 7.89. The summed E-state index contributed by atoms with van der Waals surface area (Å²) in [5, 5.41) is 8.87. The number of benzene rings is 9. The van der Waals surface area contributed by atoms with Crippen LogP contribution in [0.2, 0.25) is 0 Å². The van der Waals surface area contributed by atoms with Gasteiger partial charge in [-0.15, -0.1) is 0 Å². The van der Waals surface area contributed by atoms with Crippen LogP contribution < -0.4 is 0 Å². The molecule has 0 aliphatic carbocycles. The molecule has 4 heteroatoms. The summed E-state index contributed by atoms with van der Waals surface area (Å²) < 4.78 is 6.69. The molecule has 0 bridgehead atoms. The third kappa shape index (κ3) is 6.04. The summed E-state index contributed by atoms with van der Waals surface area (Å²) >= 11 is 0. The van der Waals surface area contributed by atoms with Crippen LogP contribution in [0.4, 0.5) is 0 Å². The van der Waals surface area contributed by atoms with Crippen LogP contribution in [-0.2, 0) is 6.54 Å². The number of hydrogen-bond donors (Lipinski definition) is 0. The highest BCUT2D eigenvalue weighted by Crippen LogP contribution is 2.41. The lowest BCUT2D eigenvalue weighted by molar-refractivity contribution is 0.669. The lowest BCUT2D eigenvalue weighted by atomic mass is 9.94. The minimum atomic E-state index is 0.430. The zero-order valence-corrected chi connectivity index (χ0v) is 30.6. The molecule has 0 atom stereocenters. The highest BCUT2D eigenvalue weighted by molar-refractivity contribution is 6.28. The maximum absolute atomic E-state index is 6.69. The number of aliphatic imine (C=N–C) groups is 3. The van der Waals surface area contributed by atoms with Gasteiger partial charge in [-0.25, -0.2) is 9.98 Å². The molecule has 9 aromatic carbocycles. The second-order valence-corrected chi connectivity index (χ2v) is 14.0. The van der Waals surface area contributed by atoms with E-state index < -0.39 is 0 Å². The van der Waals surface area contributed by atoms with Crippen molar-refractivity contribution >= 4 is 72.6 Å². The van der Waals surface area contributed by atoms with Crippen molar-refractivity contribution in [3.05, 3.63) is 205 Å². The molecule has 10 aromatic rings. The first-order valence-corrected chi connectivity index (χ1v) is 18.8. The molecule has 0 radical (unpaired) electrons. The average Bonchev–Trinajstić information content (AvgIpc) is 3.66. The van der Waals surface area contributed by atoms with Crippen molar-refractivity contribution in [2.24, 2.45) is 15.0 Å². The molecular formula is C52H35N3O. The standard InChI is InChI=1S/C52H35N3O/c1-53-51(42-28-27-40-30-39(25-26-41(40)31-42)35-13-4-2-5-14-35)55-52(54-33-34-23-24-36-15-8-9-18-38(36)29-34)45-21-12-22-47-50(45)49-44-20-11-10-19-43(44)46(32-48(49)56-47)37-16-6-3-7-17-37/h2-32H,1,33H2/b54-52-,55-51-. The van der Waals surface area contributed by atoms with E-state index in [1.165, 1.54) is 21.9 Å². The molecule has 0 saturated carbocycles. The van der Waals surface area contributed by atoms with Crippen LogP contribution in [0.15, 0.2) is 207 Å². The molecule has 0 saturated heterocycles. The number of amidine groups is 2. The molecular weight excluding hydrogens is 683 g/mol. The molecule has 1 heterocycles. The SMILES string of the molecule is C=N/C(=N\C(=N/Cc1ccc2ccccc2c1)c1cccc2oc3cc(-c4ccccc4)c4ccccc4c3c12)c1ccc2cc(-c3ccccc3)ccc2c1. The zero-order chi connectivity index (χ0) is 37.4. The predicted molar refractivity (Wildman–Crippen MR) is 236 cm³/mol. The Morgan fingerprint density at radius 2 is 1.14 bits per heavy atom. The third-order valence-corrected chi connectivity index (χ3v) is 10.6. The van der Waals surface area contributed by atoms with Gasteiger partial charge in [0.1, 0.15) is 11.2 Å². The smallest absolute Gasteiger partial charge is 0.161 e. The summed E-state index contributed by atoms with van der Waals surface area (Å²) in [6, 6.07) is 65.5. The van der Waals surface area contributed by atoms with Crippen molar-refractivity contribution in [1.82, 2.24) is 0 Å². The Labute approximate surface area is 324 Å². The van der Waals surface area contributed by atoms with E-state index in [0.717, 1.165) is 71.3 Å². The number of rotatable bonds is 6. The topological polar surface area (TPSA) is 50.2 Å². The van der Waals surface area contributed by atoms with Crippen molar-refractivity contribution in [3.8, 4) is 22.3 Å². The summed E-state index contributed by atoms with van der Waals surface area (Å²) in [5.41, 5.74) is 9.04. The number of hydrogen-bond acceptors (Lipinski definition) is 2. The largest absolute Gasteiger partial charge is 0.456 e. The Kier molecular flexibility index (Phi) is 8.34. The summed E-state index contributed by atoms with van der Waals surface area (Å²) in [5.74, 6) is 1.06. The van der Waals surface area contributed by atoms with Crippen molar-refractivity contribution in [2.45, 2.75) is 6.54 Å². The van der Waals surface area contributed by atoms with Gasteiger partial charge in [-0.1, -0.05) is 158 Å². The molecule has 0 amide bonds. The normalized spacial score (nSPS) is 12.3.